The lowest BCUT2D eigenvalue weighted by Crippen LogP contribution is -2.26. The van der Waals surface area contributed by atoms with Crippen molar-refractivity contribution in [3.63, 3.8) is 0 Å². The Kier molecular flexibility index (Phi) is 12.4. The van der Waals surface area contributed by atoms with E-state index in [1.807, 2.05) is 13.3 Å². The molecule has 0 saturated carbocycles. The SMILES string of the molecule is CCCCCC(CC)(Pc1ccccc1/C=N/C)c1cc(Cc2ccccc2)cc(Cc2ccccc2)c1OCOC. The minimum atomic E-state index is -0.0753. The quantitative estimate of drug-likeness (QED) is 0.0574. The van der Waals surface area contributed by atoms with Gasteiger partial charge in [0.05, 0.1) is 0 Å². The molecule has 42 heavy (non-hydrogen) atoms. The molecule has 0 N–H and O–H groups in total. The van der Waals surface area contributed by atoms with Crippen LogP contribution < -0.4 is 10.0 Å². The van der Waals surface area contributed by atoms with E-state index in [2.05, 4.69) is 116 Å². The van der Waals surface area contributed by atoms with Gasteiger partial charge in [0.25, 0.3) is 0 Å². The molecule has 2 unspecified atom stereocenters. The molecule has 4 aromatic carbocycles. The van der Waals surface area contributed by atoms with Crippen LogP contribution in [0.1, 0.15) is 79.3 Å². The average molecular weight is 580 g/mol. The van der Waals surface area contributed by atoms with Gasteiger partial charge in [0.1, 0.15) is 5.75 Å². The van der Waals surface area contributed by atoms with Crippen LogP contribution in [0, 0.1) is 0 Å². The fraction of sp³-hybridized carbons (Fsp3) is 0.342. The highest BCUT2D eigenvalue weighted by molar-refractivity contribution is 7.48. The molecule has 0 radical (unpaired) electrons. The Bertz CT molecular complexity index is 1400. The van der Waals surface area contributed by atoms with Crippen LogP contribution in [-0.4, -0.2) is 27.2 Å². The Balaban J connectivity index is 1.94. The third-order valence-electron chi connectivity index (χ3n) is 7.96. The van der Waals surface area contributed by atoms with E-state index in [1.54, 1.807) is 7.11 Å². The van der Waals surface area contributed by atoms with Gasteiger partial charge < -0.3 is 9.47 Å². The van der Waals surface area contributed by atoms with Crippen molar-refractivity contribution < 1.29 is 9.47 Å². The monoisotopic (exact) mass is 579 g/mol. The molecule has 0 saturated heterocycles. The zero-order valence-electron chi connectivity index (χ0n) is 25.7. The fourth-order valence-corrected chi connectivity index (χ4v) is 7.58. The predicted octanol–water partition coefficient (Wildman–Crippen LogP) is 9.09. The normalized spacial score (nSPS) is 13.1. The zero-order chi connectivity index (χ0) is 29.6. The van der Waals surface area contributed by atoms with E-state index in [4.69, 9.17) is 9.47 Å². The third-order valence-corrected chi connectivity index (χ3v) is 10.0. The summed E-state index contributed by atoms with van der Waals surface area (Å²) in [4.78, 5) is 4.39. The lowest BCUT2D eigenvalue weighted by atomic mass is 9.84. The van der Waals surface area contributed by atoms with Crippen LogP contribution in [0.15, 0.2) is 102 Å². The summed E-state index contributed by atoms with van der Waals surface area (Å²) in [5, 5.41) is 1.28. The minimum Gasteiger partial charge on any atom is -0.467 e. The van der Waals surface area contributed by atoms with Crippen molar-refractivity contribution in [3.8, 4) is 5.75 Å². The second-order valence-electron chi connectivity index (χ2n) is 11.0. The Morgan fingerprint density at radius 1 is 0.786 bits per heavy atom. The van der Waals surface area contributed by atoms with Crippen molar-refractivity contribution in [3.05, 3.63) is 130 Å². The number of unbranched alkanes of at least 4 members (excludes halogenated alkanes) is 2. The third kappa shape index (κ3) is 8.40. The van der Waals surface area contributed by atoms with Crippen LogP contribution in [0.25, 0.3) is 0 Å². The van der Waals surface area contributed by atoms with Gasteiger partial charge in [-0.3, -0.25) is 4.99 Å². The van der Waals surface area contributed by atoms with Crippen LogP contribution in [0.4, 0.5) is 0 Å². The van der Waals surface area contributed by atoms with E-state index in [-0.39, 0.29) is 11.9 Å². The van der Waals surface area contributed by atoms with Gasteiger partial charge in [0, 0.05) is 37.5 Å². The van der Waals surface area contributed by atoms with E-state index in [0.29, 0.717) is 8.58 Å². The number of hydrogen-bond donors (Lipinski definition) is 0. The highest BCUT2D eigenvalue weighted by Crippen LogP contribution is 2.52. The molecule has 0 bridgehead atoms. The molecule has 0 aliphatic heterocycles. The molecular weight excluding hydrogens is 533 g/mol. The number of methoxy groups -OCH3 is 1. The second kappa shape index (κ2) is 16.4. The average Bonchev–Trinajstić information content (AvgIpc) is 3.02. The molecule has 4 aromatic rings. The molecule has 0 amide bonds. The summed E-state index contributed by atoms with van der Waals surface area (Å²) in [6.07, 6.45) is 9.43. The lowest BCUT2D eigenvalue weighted by molar-refractivity contribution is 0.0492. The Labute approximate surface area is 255 Å². The summed E-state index contributed by atoms with van der Waals surface area (Å²) in [5.74, 6) is 0.991. The minimum absolute atomic E-state index is 0.0753. The molecule has 3 nitrogen and oxygen atoms in total. The van der Waals surface area contributed by atoms with Crippen LogP contribution in [0.5, 0.6) is 5.75 Å². The number of nitrogens with zero attached hydrogens (tertiary/aromatic N) is 1. The molecule has 0 aliphatic carbocycles. The van der Waals surface area contributed by atoms with Crippen LogP contribution in [0.2, 0.25) is 0 Å². The van der Waals surface area contributed by atoms with Crippen molar-refractivity contribution in [2.45, 2.75) is 63.9 Å². The van der Waals surface area contributed by atoms with E-state index < -0.39 is 0 Å². The van der Waals surface area contributed by atoms with Crippen molar-refractivity contribution in [2.75, 3.05) is 21.0 Å². The highest BCUT2D eigenvalue weighted by Gasteiger charge is 2.35. The first-order valence-electron chi connectivity index (χ1n) is 15.3. The summed E-state index contributed by atoms with van der Waals surface area (Å²) < 4.78 is 12.1. The summed E-state index contributed by atoms with van der Waals surface area (Å²) in [7, 11) is 4.14. The fourth-order valence-electron chi connectivity index (χ4n) is 5.80. The maximum Gasteiger partial charge on any atom is 0.188 e. The number of aliphatic imine (C=N–C) groups is 1. The molecule has 4 rings (SSSR count). The van der Waals surface area contributed by atoms with Crippen molar-refractivity contribution in [1.82, 2.24) is 0 Å². The van der Waals surface area contributed by atoms with Gasteiger partial charge in [-0.2, -0.15) is 0 Å². The molecule has 4 heteroatoms. The summed E-state index contributed by atoms with van der Waals surface area (Å²) in [5.41, 5.74) is 7.67. The van der Waals surface area contributed by atoms with Crippen LogP contribution >= 0.6 is 8.58 Å². The standard InChI is InChI=1S/C38H46NO2P/c1-5-7-16-23-38(6-2,42-36-22-15-14-21-33(36)28-39-3)35-27-32(24-30-17-10-8-11-18-30)26-34(37(35)41-29-40-4)25-31-19-12-9-13-20-31/h8-15,17-22,26-28,42H,5-7,16,23-25,29H2,1-4H3/b39-28+. The molecule has 0 spiro atoms. The van der Waals surface area contributed by atoms with Gasteiger partial charge >= 0.3 is 0 Å². The topological polar surface area (TPSA) is 30.8 Å². The van der Waals surface area contributed by atoms with Crippen molar-refractivity contribution in [1.29, 1.82) is 0 Å². The molecule has 0 aliphatic rings. The molecule has 2 atom stereocenters. The maximum absolute atomic E-state index is 6.58. The molecule has 0 heterocycles. The lowest BCUT2D eigenvalue weighted by Gasteiger charge is -2.37. The molecule has 0 fully saturated rings. The predicted molar refractivity (Wildman–Crippen MR) is 181 cm³/mol. The summed E-state index contributed by atoms with van der Waals surface area (Å²) >= 11 is 0. The second-order valence-corrected chi connectivity index (χ2v) is 12.7. The van der Waals surface area contributed by atoms with E-state index in [1.165, 1.54) is 57.9 Å². The first-order valence-corrected chi connectivity index (χ1v) is 16.3. The Morgan fingerprint density at radius 3 is 2.10 bits per heavy atom. The molecule has 0 aromatic heterocycles. The van der Waals surface area contributed by atoms with Crippen LogP contribution in [-0.2, 0) is 22.7 Å². The van der Waals surface area contributed by atoms with E-state index in [9.17, 15) is 0 Å². The number of benzene rings is 4. The summed E-state index contributed by atoms with van der Waals surface area (Å²) in [6, 6.07) is 35.1. The first-order chi connectivity index (χ1) is 20.6. The Morgan fingerprint density at radius 2 is 1.45 bits per heavy atom. The molecular formula is C38H46NO2P. The maximum atomic E-state index is 6.58. The van der Waals surface area contributed by atoms with Gasteiger partial charge in [-0.25, -0.2) is 0 Å². The highest BCUT2D eigenvalue weighted by atomic mass is 31.1. The van der Waals surface area contributed by atoms with Crippen molar-refractivity contribution in [2.24, 2.45) is 4.99 Å². The van der Waals surface area contributed by atoms with Gasteiger partial charge in [-0.15, -0.1) is 0 Å². The Hall–Kier alpha value is -3.26. The van der Waals surface area contributed by atoms with Gasteiger partial charge in [0.2, 0.25) is 0 Å². The number of rotatable bonds is 16. The molecule has 220 valence electrons. The van der Waals surface area contributed by atoms with E-state index in [0.717, 1.165) is 31.4 Å². The largest absolute Gasteiger partial charge is 0.467 e. The smallest absolute Gasteiger partial charge is 0.188 e. The van der Waals surface area contributed by atoms with Gasteiger partial charge in [-0.05, 0) is 52.4 Å². The van der Waals surface area contributed by atoms with Gasteiger partial charge in [-0.1, -0.05) is 139 Å². The first kappa shape index (κ1) is 31.7. The van der Waals surface area contributed by atoms with E-state index >= 15 is 0 Å². The number of ether oxygens (including phenoxy) is 2. The number of hydrogen-bond acceptors (Lipinski definition) is 3. The van der Waals surface area contributed by atoms with Crippen molar-refractivity contribution >= 4 is 20.1 Å². The summed E-state index contributed by atoms with van der Waals surface area (Å²) in [6.45, 7) is 4.87. The zero-order valence-corrected chi connectivity index (χ0v) is 26.7. The van der Waals surface area contributed by atoms with Crippen LogP contribution in [0.3, 0.4) is 0 Å². The van der Waals surface area contributed by atoms with Gasteiger partial charge in [0.15, 0.2) is 6.79 Å².